The molecule has 0 aliphatic heterocycles. The number of carbonyl (C=O) groups excluding carboxylic acids is 1. The number of hydrogen-bond donors (Lipinski definition) is 2. The van der Waals surface area contributed by atoms with Gasteiger partial charge in [0.05, 0.1) is 11.3 Å². The van der Waals surface area contributed by atoms with Crippen molar-refractivity contribution in [2.75, 3.05) is 0 Å². The molecule has 0 spiro atoms. The van der Waals surface area contributed by atoms with Crippen LogP contribution in [-0.2, 0) is 0 Å². The summed E-state index contributed by atoms with van der Waals surface area (Å²) >= 11 is 0. The van der Waals surface area contributed by atoms with Gasteiger partial charge in [-0.15, -0.1) is 0 Å². The Labute approximate surface area is 123 Å². The number of rotatable bonds is 3. The van der Waals surface area contributed by atoms with Gasteiger partial charge in [0.15, 0.2) is 5.78 Å². The Morgan fingerprint density at radius 1 is 1.29 bits per heavy atom. The third-order valence-electron chi connectivity index (χ3n) is 3.96. The molecule has 0 unspecified atom stereocenters. The highest BCUT2D eigenvalue weighted by Crippen LogP contribution is 2.34. The number of nitrogens with zero attached hydrogens (tertiary/aromatic N) is 1. The molecule has 2 rings (SSSR count). The Bertz CT molecular complexity index is 791. The van der Waals surface area contributed by atoms with Crippen LogP contribution in [0.15, 0.2) is 12.1 Å². The lowest BCUT2D eigenvalue weighted by Crippen LogP contribution is -1.99. The van der Waals surface area contributed by atoms with Crippen molar-refractivity contribution in [3.05, 3.63) is 45.8 Å². The van der Waals surface area contributed by atoms with Crippen LogP contribution in [0, 0.1) is 37.5 Å². The number of nitrogens with one attached hydrogen (secondary N) is 2. The fourth-order valence-electron chi connectivity index (χ4n) is 2.57. The predicted molar refractivity (Wildman–Crippen MR) is 83.0 cm³/mol. The first-order valence-corrected chi connectivity index (χ1v) is 6.67. The average molecular weight is 279 g/mol. The van der Waals surface area contributed by atoms with Crippen molar-refractivity contribution < 1.29 is 4.79 Å². The fraction of sp³-hybridized carbons (Fsp3) is 0.235. The maximum absolute atomic E-state index is 12.0. The van der Waals surface area contributed by atoms with Crippen LogP contribution >= 0.6 is 0 Å². The van der Waals surface area contributed by atoms with Gasteiger partial charge in [0.25, 0.3) is 0 Å². The zero-order valence-corrected chi connectivity index (χ0v) is 12.6. The number of aryl methyl sites for hydroxylation is 1. The molecule has 0 bridgehead atoms. The van der Waals surface area contributed by atoms with Crippen LogP contribution in [0.4, 0.5) is 0 Å². The highest BCUT2D eigenvalue weighted by atomic mass is 16.1. The quantitative estimate of drug-likeness (QED) is 0.663. The molecule has 0 atom stereocenters. The maximum Gasteiger partial charge on any atom is 0.163 e. The van der Waals surface area contributed by atoms with E-state index in [0.29, 0.717) is 16.8 Å². The molecular formula is C17H17N3O. The first-order valence-electron chi connectivity index (χ1n) is 6.67. The van der Waals surface area contributed by atoms with E-state index < -0.39 is 0 Å². The summed E-state index contributed by atoms with van der Waals surface area (Å²) in [6, 6.07) is 5.95. The van der Waals surface area contributed by atoms with Gasteiger partial charge >= 0.3 is 0 Å². The number of aromatic nitrogens is 1. The van der Waals surface area contributed by atoms with Crippen LogP contribution < -0.4 is 0 Å². The molecule has 0 amide bonds. The number of Topliss-reactive ketones (excluding diaryl/α,β-unsaturated/α-hetero) is 1. The molecule has 1 aromatic heterocycles. The fourth-order valence-corrected chi connectivity index (χ4v) is 2.57. The summed E-state index contributed by atoms with van der Waals surface area (Å²) in [7, 11) is 0. The second-order valence-electron chi connectivity index (χ2n) is 5.16. The normalized spacial score (nSPS) is 10.2. The van der Waals surface area contributed by atoms with E-state index >= 15 is 0 Å². The van der Waals surface area contributed by atoms with Crippen molar-refractivity contribution >= 4 is 12.0 Å². The van der Waals surface area contributed by atoms with Gasteiger partial charge in [0.1, 0.15) is 11.8 Å². The lowest BCUT2D eigenvalue weighted by Gasteiger charge is -2.12. The highest BCUT2D eigenvalue weighted by molar-refractivity contribution is 6.07. The monoisotopic (exact) mass is 279 g/mol. The Morgan fingerprint density at radius 2 is 1.95 bits per heavy atom. The van der Waals surface area contributed by atoms with Crippen LogP contribution in [0.25, 0.3) is 11.1 Å². The van der Waals surface area contributed by atoms with E-state index in [9.17, 15) is 10.1 Å². The first-order chi connectivity index (χ1) is 9.92. The number of nitriles is 1. The molecule has 4 nitrogen and oxygen atoms in total. The third-order valence-corrected chi connectivity index (χ3v) is 3.96. The molecule has 1 aromatic carbocycles. The van der Waals surface area contributed by atoms with Gasteiger partial charge in [-0.05, 0) is 49.9 Å². The minimum Gasteiger partial charge on any atom is -0.344 e. The molecule has 106 valence electrons. The summed E-state index contributed by atoms with van der Waals surface area (Å²) in [5.41, 5.74) is 5.99. The molecule has 0 aliphatic rings. The van der Waals surface area contributed by atoms with Gasteiger partial charge in [-0.3, -0.25) is 4.79 Å². The van der Waals surface area contributed by atoms with E-state index in [1.807, 2.05) is 39.0 Å². The van der Waals surface area contributed by atoms with Crippen LogP contribution in [0.2, 0.25) is 0 Å². The highest BCUT2D eigenvalue weighted by Gasteiger charge is 2.22. The molecule has 0 fully saturated rings. The van der Waals surface area contributed by atoms with E-state index in [0.717, 1.165) is 22.9 Å². The molecule has 4 heteroatoms. The molecule has 0 radical (unpaired) electrons. The zero-order valence-electron chi connectivity index (χ0n) is 12.6. The van der Waals surface area contributed by atoms with Crippen molar-refractivity contribution in [2.45, 2.75) is 27.7 Å². The molecule has 21 heavy (non-hydrogen) atoms. The lowest BCUT2D eigenvalue weighted by atomic mass is 9.90. The number of aromatic amines is 1. The Kier molecular flexibility index (Phi) is 3.77. The molecule has 0 saturated carbocycles. The van der Waals surface area contributed by atoms with E-state index in [-0.39, 0.29) is 11.5 Å². The standard InChI is InChI=1S/C17H17N3O/c1-9-5-6-13(11(3)10(9)2)17-15(8-19)20-14(7-18)16(17)12(4)21/h5-6,8,19-20H,1-4H3. The van der Waals surface area contributed by atoms with Crippen molar-refractivity contribution in [2.24, 2.45) is 0 Å². The second-order valence-corrected chi connectivity index (χ2v) is 5.16. The average Bonchev–Trinajstić information content (AvgIpc) is 2.83. The molecular weight excluding hydrogens is 262 g/mol. The van der Waals surface area contributed by atoms with Crippen molar-refractivity contribution in [3.63, 3.8) is 0 Å². The topological polar surface area (TPSA) is 80.5 Å². The predicted octanol–water partition coefficient (Wildman–Crippen LogP) is 3.68. The van der Waals surface area contributed by atoms with Crippen LogP contribution in [-0.4, -0.2) is 17.0 Å². The van der Waals surface area contributed by atoms with Gasteiger partial charge in [0, 0.05) is 11.8 Å². The number of H-pyrrole nitrogens is 1. The molecule has 0 aliphatic carbocycles. The van der Waals surface area contributed by atoms with Gasteiger partial charge in [-0.2, -0.15) is 5.26 Å². The minimum atomic E-state index is -0.177. The van der Waals surface area contributed by atoms with E-state index in [1.54, 1.807) is 0 Å². The molecule has 1 heterocycles. The smallest absolute Gasteiger partial charge is 0.163 e. The van der Waals surface area contributed by atoms with Gasteiger partial charge < -0.3 is 10.4 Å². The van der Waals surface area contributed by atoms with Gasteiger partial charge in [0.2, 0.25) is 0 Å². The second kappa shape index (κ2) is 5.37. The molecule has 2 N–H and O–H groups in total. The Balaban J connectivity index is 2.90. The van der Waals surface area contributed by atoms with Gasteiger partial charge in [-0.1, -0.05) is 12.1 Å². The zero-order chi connectivity index (χ0) is 15.7. The minimum absolute atomic E-state index is 0.177. The summed E-state index contributed by atoms with van der Waals surface area (Å²) in [6.45, 7) is 7.50. The molecule has 2 aromatic rings. The Morgan fingerprint density at radius 3 is 2.48 bits per heavy atom. The van der Waals surface area contributed by atoms with E-state index in [2.05, 4.69) is 4.98 Å². The molecule has 0 saturated heterocycles. The summed E-state index contributed by atoms with van der Waals surface area (Å²) < 4.78 is 0. The number of benzene rings is 1. The Hall–Kier alpha value is -2.67. The SMILES string of the molecule is CC(=O)c1c(C#N)[nH]c(C=N)c1-c1ccc(C)c(C)c1C. The summed E-state index contributed by atoms with van der Waals surface area (Å²) in [6.07, 6.45) is 1.15. The van der Waals surface area contributed by atoms with Crippen LogP contribution in [0.1, 0.15) is 45.4 Å². The lowest BCUT2D eigenvalue weighted by molar-refractivity contribution is 0.101. The van der Waals surface area contributed by atoms with Crippen molar-refractivity contribution in [1.82, 2.24) is 4.98 Å². The van der Waals surface area contributed by atoms with E-state index in [4.69, 9.17) is 5.41 Å². The first kappa shape index (κ1) is 14.7. The van der Waals surface area contributed by atoms with E-state index in [1.165, 1.54) is 12.5 Å². The van der Waals surface area contributed by atoms with Crippen LogP contribution in [0.3, 0.4) is 0 Å². The number of hydrogen-bond acceptors (Lipinski definition) is 3. The summed E-state index contributed by atoms with van der Waals surface area (Å²) in [5, 5.41) is 16.8. The maximum atomic E-state index is 12.0. The summed E-state index contributed by atoms with van der Waals surface area (Å²) in [4.78, 5) is 14.8. The number of ketones is 1. The van der Waals surface area contributed by atoms with Crippen molar-refractivity contribution in [1.29, 1.82) is 10.7 Å². The third kappa shape index (κ3) is 2.27. The van der Waals surface area contributed by atoms with Crippen molar-refractivity contribution in [3.8, 4) is 17.2 Å². The summed E-state index contributed by atoms with van der Waals surface area (Å²) in [5.74, 6) is -0.177. The number of carbonyl (C=O) groups is 1. The van der Waals surface area contributed by atoms with Gasteiger partial charge in [-0.25, -0.2) is 0 Å². The van der Waals surface area contributed by atoms with Crippen LogP contribution in [0.5, 0.6) is 0 Å². The largest absolute Gasteiger partial charge is 0.344 e.